The van der Waals surface area contributed by atoms with E-state index in [0.29, 0.717) is 10.8 Å². The Labute approximate surface area is 117 Å². The number of piperazine rings is 1. The maximum absolute atomic E-state index is 4.66. The van der Waals surface area contributed by atoms with Gasteiger partial charge in [0.15, 0.2) is 5.17 Å². The predicted octanol–water partition coefficient (Wildman–Crippen LogP) is 2.27. The molecule has 0 aromatic heterocycles. The van der Waals surface area contributed by atoms with Crippen LogP contribution in [0.3, 0.4) is 0 Å². The second-order valence-corrected chi connectivity index (χ2v) is 7.58. The smallest absolute Gasteiger partial charge is 0.159 e. The van der Waals surface area contributed by atoms with Gasteiger partial charge in [-0.05, 0) is 20.8 Å². The molecule has 3 nitrogen and oxygen atoms in total. The Morgan fingerprint density at radius 3 is 2.41 bits per heavy atom. The van der Waals surface area contributed by atoms with E-state index in [9.17, 15) is 0 Å². The van der Waals surface area contributed by atoms with E-state index in [4.69, 9.17) is 0 Å². The molecule has 0 aliphatic carbocycles. The molecule has 1 fully saturated rings. The molecular weight excluding hydrogens is 298 g/mol. The van der Waals surface area contributed by atoms with Crippen LogP contribution in [0, 0.1) is 0 Å². The van der Waals surface area contributed by atoms with Crippen LogP contribution in [-0.2, 0) is 0 Å². The number of nitrogens with zero attached hydrogens (tertiary/aromatic N) is 3. The number of amidine groups is 1. The lowest BCUT2D eigenvalue weighted by atomic mass is 10.1. The minimum atomic E-state index is 0.301. The van der Waals surface area contributed by atoms with E-state index in [2.05, 4.69) is 51.5 Å². The summed E-state index contributed by atoms with van der Waals surface area (Å²) in [6, 6.07) is 0. The molecule has 0 radical (unpaired) electrons. The zero-order valence-corrected chi connectivity index (χ0v) is 13.4. The van der Waals surface area contributed by atoms with Gasteiger partial charge in [-0.1, -0.05) is 27.7 Å². The van der Waals surface area contributed by atoms with Crippen molar-refractivity contribution in [2.24, 2.45) is 4.99 Å². The Balaban J connectivity index is 1.84. The lowest BCUT2D eigenvalue weighted by molar-refractivity contribution is 0.0894. The molecule has 17 heavy (non-hydrogen) atoms. The number of rotatable bonds is 1. The summed E-state index contributed by atoms with van der Waals surface area (Å²) in [6.45, 7) is 12.4. The van der Waals surface area contributed by atoms with Gasteiger partial charge in [0.25, 0.3) is 0 Å². The zero-order valence-electron chi connectivity index (χ0n) is 10.9. The van der Waals surface area contributed by atoms with Gasteiger partial charge in [0.1, 0.15) is 0 Å². The zero-order chi connectivity index (χ0) is 12.5. The Bertz CT molecular complexity index is 293. The van der Waals surface area contributed by atoms with Crippen LogP contribution in [0.1, 0.15) is 20.8 Å². The first-order valence-electron chi connectivity index (χ1n) is 6.28. The minimum absolute atomic E-state index is 0.301. The molecule has 1 atom stereocenters. The highest BCUT2D eigenvalue weighted by molar-refractivity contribution is 9.09. The van der Waals surface area contributed by atoms with Crippen LogP contribution in [0.25, 0.3) is 0 Å². The maximum Gasteiger partial charge on any atom is 0.159 e. The molecule has 1 unspecified atom stereocenters. The molecule has 2 aliphatic heterocycles. The highest BCUT2D eigenvalue weighted by Crippen LogP contribution is 2.26. The summed E-state index contributed by atoms with van der Waals surface area (Å²) < 4.78 is 0. The molecular formula is C12H22BrN3S. The van der Waals surface area contributed by atoms with Crippen LogP contribution in [0.5, 0.6) is 0 Å². The first kappa shape index (κ1) is 13.7. The van der Waals surface area contributed by atoms with Crippen LogP contribution in [-0.4, -0.2) is 63.8 Å². The summed E-state index contributed by atoms with van der Waals surface area (Å²) in [5, 5.41) is 2.96. The van der Waals surface area contributed by atoms with Crippen molar-refractivity contribution in [3.63, 3.8) is 0 Å². The van der Waals surface area contributed by atoms with Crippen LogP contribution < -0.4 is 0 Å². The van der Waals surface area contributed by atoms with Gasteiger partial charge < -0.3 is 4.90 Å². The average Bonchev–Trinajstić information content (AvgIpc) is 2.76. The van der Waals surface area contributed by atoms with E-state index in [0.717, 1.165) is 38.1 Å². The average molecular weight is 320 g/mol. The van der Waals surface area contributed by atoms with Gasteiger partial charge in [-0.25, -0.2) is 0 Å². The maximum atomic E-state index is 4.66. The number of halogens is 1. The number of hydrogen-bond acceptors (Lipinski definition) is 4. The van der Waals surface area contributed by atoms with Crippen molar-refractivity contribution in [3.05, 3.63) is 0 Å². The molecule has 2 rings (SSSR count). The van der Waals surface area contributed by atoms with Crippen molar-refractivity contribution in [1.29, 1.82) is 0 Å². The Kier molecular flexibility index (Phi) is 4.42. The van der Waals surface area contributed by atoms with Gasteiger partial charge in [0, 0.05) is 42.3 Å². The van der Waals surface area contributed by atoms with Gasteiger partial charge in [0.2, 0.25) is 0 Å². The Hall–Kier alpha value is 0.260. The third kappa shape index (κ3) is 3.38. The van der Waals surface area contributed by atoms with Crippen LogP contribution in [0.2, 0.25) is 0 Å². The summed E-state index contributed by atoms with van der Waals surface area (Å²) in [6.07, 6.45) is 0. The van der Waals surface area contributed by atoms with Crippen molar-refractivity contribution in [1.82, 2.24) is 9.80 Å². The van der Waals surface area contributed by atoms with Crippen LogP contribution >= 0.6 is 27.7 Å². The SMILES string of the molecule is CC(C)(C)N1CCN(C2=NCC(CBr)S2)CC1. The monoisotopic (exact) mass is 319 g/mol. The van der Waals surface area contributed by atoms with Crippen molar-refractivity contribution >= 4 is 32.9 Å². The molecule has 0 aromatic rings. The largest absolute Gasteiger partial charge is 0.349 e. The van der Waals surface area contributed by atoms with E-state index >= 15 is 0 Å². The summed E-state index contributed by atoms with van der Waals surface area (Å²) in [4.78, 5) is 9.67. The summed E-state index contributed by atoms with van der Waals surface area (Å²) in [5.41, 5.74) is 0.301. The van der Waals surface area contributed by atoms with Crippen LogP contribution in [0.4, 0.5) is 0 Å². The first-order valence-corrected chi connectivity index (χ1v) is 8.28. The predicted molar refractivity (Wildman–Crippen MR) is 80.4 cm³/mol. The van der Waals surface area contributed by atoms with Crippen molar-refractivity contribution in [2.45, 2.75) is 31.6 Å². The van der Waals surface area contributed by atoms with E-state index in [1.54, 1.807) is 0 Å². The minimum Gasteiger partial charge on any atom is -0.349 e. The standard InChI is InChI=1S/C12H22BrN3S/c1-12(2,3)16-6-4-15(5-7-16)11-14-9-10(8-13)17-11/h10H,4-9H2,1-3H3. The van der Waals surface area contributed by atoms with Gasteiger partial charge in [-0.15, -0.1) is 0 Å². The topological polar surface area (TPSA) is 18.8 Å². The summed E-state index contributed by atoms with van der Waals surface area (Å²) in [7, 11) is 0. The highest BCUT2D eigenvalue weighted by atomic mass is 79.9. The fraction of sp³-hybridized carbons (Fsp3) is 0.917. The molecule has 1 saturated heterocycles. The third-order valence-corrected chi connectivity index (χ3v) is 5.83. The van der Waals surface area contributed by atoms with E-state index < -0.39 is 0 Å². The quantitative estimate of drug-likeness (QED) is 0.691. The number of hydrogen-bond donors (Lipinski definition) is 0. The molecule has 2 heterocycles. The fourth-order valence-electron chi connectivity index (χ4n) is 2.23. The van der Waals surface area contributed by atoms with Crippen molar-refractivity contribution < 1.29 is 0 Å². The van der Waals surface area contributed by atoms with E-state index in [1.165, 1.54) is 5.17 Å². The van der Waals surface area contributed by atoms with Crippen molar-refractivity contribution in [2.75, 3.05) is 38.1 Å². The molecule has 0 N–H and O–H groups in total. The number of aliphatic imine (C=N–C) groups is 1. The van der Waals surface area contributed by atoms with Gasteiger partial charge in [-0.3, -0.25) is 9.89 Å². The first-order chi connectivity index (χ1) is 8.00. The Morgan fingerprint density at radius 1 is 1.29 bits per heavy atom. The molecule has 0 amide bonds. The van der Waals surface area contributed by atoms with E-state index in [-0.39, 0.29) is 0 Å². The summed E-state index contributed by atoms with van der Waals surface area (Å²) in [5.74, 6) is 0. The summed E-state index contributed by atoms with van der Waals surface area (Å²) >= 11 is 5.48. The molecule has 0 spiro atoms. The molecule has 98 valence electrons. The molecule has 2 aliphatic rings. The Morgan fingerprint density at radius 2 is 1.94 bits per heavy atom. The second-order valence-electron chi connectivity index (χ2n) is 5.66. The molecule has 0 bridgehead atoms. The van der Waals surface area contributed by atoms with E-state index in [1.807, 2.05) is 11.8 Å². The fourth-order valence-corrected chi connectivity index (χ4v) is 3.82. The normalized spacial score (nSPS) is 27.4. The number of thioether (sulfide) groups is 1. The molecule has 0 saturated carbocycles. The lowest BCUT2D eigenvalue weighted by Gasteiger charge is -2.42. The highest BCUT2D eigenvalue weighted by Gasteiger charge is 2.29. The van der Waals surface area contributed by atoms with Gasteiger partial charge in [-0.2, -0.15) is 0 Å². The second kappa shape index (κ2) is 5.49. The van der Waals surface area contributed by atoms with Crippen LogP contribution in [0.15, 0.2) is 4.99 Å². The van der Waals surface area contributed by atoms with Gasteiger partial charge in [0.05, 0.1) is 6.54 Å². The molecule has 0 aromatic carbocycles. The molecule has 5 heteroatoms. The third-order valence-electron chi connectivity index (χ3n) is 3.37. The number of alkyl halides is 1. The van der Waals surface area contributed by atoms with Gasteiger partial charge >= 0.3 is 0 Å². The van der Waals surface area contributed by atoms with Crippen molar-refractivity contribution in [3.8, 4) is 0 Å². The lowest BCUT2D eigenvalue weighted by Crippen LogP contribution is -2.54.